The molecule has 1 aromatic rings. The van der Waals surface area contributed by atoms with Gasteiger partial charge in [-0.25, -0.2) is 4.39 Å². The molecule has 0 saturated heterocycles. The molecule has 0 atom stereocenters. The van der Waals surface area contributed by atoms with Gasteiger partial charge in [-0.2, -0.15) is 8.78 Å². The lowest BCUT2D eigenvalue weighted by molar-refractivity contribution is -0.301. The zero-order valence-corrected chi connectivity index (χ0v) is 19.5. The van der Waals surface area contributed by atoms with Crippen LogP contribution in [0.1, 0.15) is 95.5 Å². The number of hydrogen-bond donors (Lipinski definition) is 0. The lowest BCUT2D eigenvalue weighted by atomic mass is 9.79. The average molecular weight is 449 g/mol. The highest BCUT2D eigenvalue weighted by Gasteiger charge is 2.44. The Bertz CT molecular complexity index is 720. The largest absolute Gasteiger partial charge is 0.358 e. The van der Waals surface area contributed by atoms with Crippen molar-refractivity contribution in [2.45, 2.75) is 102 Å². The molecule has 0 bridgehead atoms. The van der Waals surface area contributed by atoms with Crippen LogP contribution in [-0.4, -0.2) is 12.2 Å². The summed E-state index contributed by atoms with van der Waals surface area (Å²) in [6.07, 6.45) is 12.2. The lowest BCUT2D eigenvalue weighted by Gasteiger charge is -2.36. The molecular weight excluding hydrogens is 409 g/mol. The molecule has 0 aromatic heterocycles. The van der Waals surface area contributed by atoms with Crippen molar-refractivity contribution in [2.75, 3.05) is 0 Å². The van der Waals surface area contributed by atoms with Crippen LogP contribution in [0.15, 0.2) is 36.4 Å². The molecule has 4 rings (SSSR count). The lowest BCUT2D eigenvalue weighted by Crippen LogP contribution is -2.38. The first-order valence-corrected chi connectivity index (χ1v) is 12.9. The Balaban J connectivity index is 1.19. The van der Waals surface area contributed by atoms with Crippen molar-refractivity contribution in [1.82, 2.24) is 0 Å². The number of ether oxygens (including phenoxy) is 1. The van der Waals surface area contributed by atoms with E-state index in [1.54, 1.807) is 0 Å². The SMILES string of the molecule is CC1CCC(/C=C/C2CCC(C(F)(F)OC3CCC(c4ccc(F)cc4)CC3)CC2)CC1. The Morgan fingerprint density at radius 2 is 1.28 bits per heavy atom. The van der Waals surface area contributed by atoms with Crippen LogP contribution in [0.3, 0.4) is 0 Å². The van der Waals surface area contributed by atoms with Gasteiger partial charge in [0, 0.05) is 0 Å². The van der Waals surface area contributed by atoms with Gasteiger partial charge in [0.2, 0.25) is 0 Å². The first-order valence-electron chi connectivity index (χ1n) is 12.9. The summed E-state index contributed by atoms with van der Waals surface area (Å²) in [4.78, 5) is 0. The summed E-state index contributed by atoms with van der Waals surface area (Å²) >= 11 is 0. The van der Waals surface area contributed by atoms with Crippen molar-refractivity contribution in [1.29, 1.82) is 0 Å². The molecule has 3 saturated carbocycles. The first kappa shape index (κ1) is 23.9. The minimum atomic E-state index is -3.03. The number of halogens is 3. The summed E-state index contributed by atoms with van der Waals surface area (Å²) in [7, 11) is 0. The molecule has 0 amide bonds. The smallest absolute Gasteiger partial charge is 0.317 e. The van der Waals surface area contributed by atoms with Gasteiger partial charge in [0.15, 0.2) is 0 Å². The molecule has 0 radical (unpaired) electrons. The van der Waals surface area contributed by atoms with Gasteiger partial charge in [0.05, 0.1) is 12.0 Å². The molecule has 1 nitrogen and oxygen atoms in total. The maximum atomic E-state index is 14.9. The molecular formula is C28H39F3O. The highest BCUT2D eigenvalue weighted by Crippen LogP contribution is 2.43. The second-order valence-corrected chi connectivity index (χ2v) is 10.7. The van der Waals surface area contributed by atoms with Gasteiger partial charge >= 0.3 is 6.11 Å². The van der Waals surface area contributed by atoms with E-state index in [0.29, 0.717) is 43.4 Å². The second kappa shape index (κ2) is 10.8. The summed E-state index contributed by atoms with van der Waals surface area (Å²) in [5.41, 5.74) is 1.10. The van der Waals surface area contributed by atoms with Crippen LogP contribution >= 0.6 is 0 Å². The molecule has 0 unspecified atom stereocenters. The second-order valence-electron chi connectivity index (χ2n) is 10.7. The number of rotatable bonds is 6. The minimum absolute atomic E-state index is 0.237. The van der Waals surface area contributed by atoms with E-state index in [1.165, 1.54) is 37.8 Å². The first-order chi connectivity index (χ1) is 15.4. The van der Waals surface area contributed by atoms with Gasteiger partial charge in [0.1, 0.15) is 5.82 Å². The Morgan fingerprint density at radius 3 is 1.84 bits per heavy atom. The Labute approximate surface area is 191 Å². The molecule has 0 aliphatic heterocycles. The van der Waals surface area contributed by atoms with Crippen molar-refractivity contribution in [3.63, 3.8) is 0 Å². The Hall–Kier alpha value is -1.29. The highest BCUT2D eigenvalue weighted by molar-refractivity contribution is 5.21. The third-order valence-electron chi connectivity index (χ3n) is 8.30. The van der Waals surface area contributed by atoms with E-state index in [1.807, 2.05) is 12.1 Å². The fraction of sp³-hybridized carbons (Fsp3) is 0.714. The molecule has 3 aliphatic carbocycles. The van der Waals surface area contributed by atoms with Gasteiger partial charge in [-0.15, -0.1) is 0 Å². The van der Waals surface area contributed by atoms with Gasteiger partial charge in [-0.05, 0) is 106 Å². The van der Waals surface area contributed by atoms with Crippen LogP contribution in [0.5, 0.6) is 0 Å². The standard InChI is InChI=1S/C28H39F3O/c1-20-2-4-21(5-3-20)6-7-22-8-14-25(15-9-22)28(30,31)32-27-18-12-24(13-19-27)23-10-16-26(29)17-11-23/h6-7,10-11,16-17,20-22,24-25,27H,2-5,8-9,12-15,18-19H2,1H3/b7-6+. The van der Waals surface area contributed by atoms with E-state index in [-0.39, 0.29) is 11.9 Å². The molecule has 0 N–H and O–H groups in total. The van der Waals surface area contributed by atoms with E-state index in [9.17, 15) is 13.2 Å². The Kier molecular flexibility index (Phi) is 8.02. The summed E-state index contributed by atoms with van der Waals surface area (Å²) in [5, 5.41) is 0. The van der Waals surface area contributed by atoms with Gasteiger partial charge in [-0.3, -0.25) is 0 Å². The van der Waals surface area contributed by atoms with Crippen molar-refractivity contribution < 1.29 is 17.9 Å². The molecule has 4 heteroatoms. The van der Waals surface area contributed by atoms with Crippen molar-refractivity contribution in [3.05, 3.63) is 47.8 Å². The summed E-state index contributed by atoms with van der Waals surface area (Å²) < 4.78 is 48.4. The van der Waals surface area contributed by atoms with E-state index >= 15 is 0 Å². The van der Waals surface area contributed by atoms with E-state index < -0.39 is 12.0 Å². The van der Waals surface area contributed by atoms with Crippen molar-refractivity contribution in [2.24, 2.45) is 23.7 Å². The number of allylic oxidation sites excluding steroid dienone is 2. The zero-order valence-electron chi connectivity index (χ0n) is 19.5. The summed E-state index contributed by atoms with van der Waals surface area (Å²) in [6.45, 7) is 2.33. The summed E-state index contributed by atoms with van der Waals surface area (Å²) in [6, 6.07) is 6.59. The average Bonchev–Trinajstić information content (AvgIpc) is 2.80. The van der Waals surface area contributed by atoms with Crippen LogP contribution in [0.4, 0.5) is 13.2 Å². The monoisotopic (exact) mass is 448 g/mol. The van der Waals surface area contributed by atoms with Crippen LogP contribution in [0.25, 0.3) is 0 Å². The topological polar surface area (TPSA) is 9.23 Å². The number of alkyl halides is 2. The molecule has 178 valence electrons. The third-order valence-corrected chi connectivity index (χ3v) is 8.30. The maximum absolute atomic E-state index is 14.9. The molecule has 3 aliphatic rings. The molecule has 0 heterocycles. The Morgan fingerprint density at radius 1 is 0.750 bits per heavy atom. The van der Waals surface area contributed by atoms with Crippen LogP contribution < -0.4 is 0 Å². The quantitative estimate of drug-likeness (QED) is 0.396. The third kappa shape index (κ3) is 6.40. The summed E-state index contributed by atoms with van der Waals surface area (Å²) in [5.74, 6) is 1.43. The zero-order chi connectivity index (χ0) is 22.6. The molecule has 0 spiro atoms. The van der Waals surface area contributed by atoms with Gasteiger partial charge < -0.3 is 4.74 Å². The number of hydrogen-bond acceptors (Lipinski definition) is 1. The van der Waals surface area contributed by atoms with Crippen molar-refractivity contribution >= 4 is 0 Å². The normalized spacial score (nSPS) is 34.6. The van der Waals surface area contributed by atoms with Crippen LogP contribution in [0, 0.1) is 29.5 Å². The fourth-order valence-electron chi connectivity index (χ4n) is 6.01. The molecule has 3 fully saturated rings. The highest BCUT2D eigenvalue weighted by atomic mass is 19.3. The molecule has 32 heavy (non-hydrogen) atoms. The van der Waals surface area contributed by atoms with Crippen LogP contribution in [-0.2, 0) is 4.74 Å². The van der Waals surface area contributed by atoms with E-state index in [4.69, 9.17) is 4.74 Å². The number of benzene rings is 1. The maximum Gasteiger partial charge on any atom is 0.358 e. The fourth-order valence-corrected chi connectivity index (χ4v) is 6.01. The van der Waals surface area contributed by atoms with Gasteiger partial charge in [0.25, 0.3) is 0 Å². The van der Waals surface area contributed by atoms with Gasteiger partial charge in [-0.1, -0.05) is 44.1 Å². The van der Waals surface area contributed by atoms with E-state index in [2.05, 4.69) is 19.1 Å². The predicted molar refractivity (Wildman–Crippen MR) is 123 cm³/mol. The minimum Gasteiger partial charge on any atom is -0.317 e. The molecule has 1 aromatic carbocycles. The predicted octanol–water partition coefficient (Wildman–Crippen LogP) is 8.65. The van der Waals surface area contributed by atoms with Crippen molar-refractivity contribution in [3.8, 4) is 0 Å². The van der Waals surface area contributed by atoms with Crippen LogP contribution in [0.2, 0.25) is 0 Å². The van der Waals surface area contributed by atoms with E-state index in [0.717, 1.165) is 37.2 Å².